The Morgan fingerprint density at radius 2 is 2.08 bits per heavy atom. The molecule has 1 nitrogen and oxygen atoms in total. The maximum absolute atomic E-state index is 11.6. The van der Waals surface area contributed by atoms with Crippen LogP contribution in [0.5, 0.6) is 0 Å². The molecule has 0 saturated carbocycles. The summed E-state index contributed by atoms with van der Waals surface area (Å²) in [4.78, 5) is 11.6. The molecule has 0 radical (unpaired) electrons. The third kappa shape index (κ3) is 1.03. The van der Waals surface area contributed by atoms with E-state index in [1.54, 1.807) is 0 Å². The van der Waals surface area contributed by atoms with Gasteiger partial charge in [-0.2, -0.15) is 0 Å². The van der Waals surface area contributed by atoms with Crippen molar-refractivity contribution in [3.63, 3.8) is 0 Å². The number of Topliss-reactive ketones (excluding diaryl/α,β-unsaturated/α-hetero) is 1. The van der Waals surface area contributed by atoms with Gasteiger partial charge < -0.3 is 0 Å². The van der Waals surface area contributed by atoms with Crippen LogP contribution in [-0.2, 0) is 6.42 Å². The molecule has 0 saturated heterocycles. The van der Waals surface area contributed by atoms with Gasteiger partial charge in [-0.25, -0.2) is 0 Å². The number of ketones is 1. The van der Waals surface area contributed by atoms with Crippen molar-refractivity contribution >= 4 is 5.78 Å². The van der Waals surface area contributed by atoms with Gasteiger partial charge in [0.05, 0.1) is 0 Å². The Balaban J connectivity index is 2.51. The number of carbonyl (C=O) groups is 1. The minimum atomic E-state index is 0.200. The molecule has 1 aliphatic rings. The molecule has 1 aliphatic carbocycles. The smallest absolute Gasteiger partial charge is 0.170 e. The first-order valence-electron chi connectivity index (χ1n) is 4.95. The molecule has 1 atom stereocenters. The van der Waals surface area contributed by atoms with Crippen LogP contribution in [-0.4, -0.2) is 5.78 Å². The highest BCUT2D eigenvalue weighted by molar-refractivity contribution is 6.10. The minimum absolute atomic E-state index is 0.200. The lowest BCUT2D eigenvalue weighted by Crippen LogP contribution is -2.27. The number of hydrogen-bond donors (Lipinski definition) is 0. The molecule has 1 aromatic carbocycles. The van der Waals surface area contributed by atoms with Gasteiger partial charge in [0, 0.05) is 11.5 Å². The molecule has 68 valence electrons. The van der Waals surface area contributed by atoms with Gasteiger partial charge in [0.2, 0.25) is 0 Å². The van der Waals surface area contributed by atoms with Gasteiger partial charge in [-0.05, 0) is 24.0 Å². The highest BCUT2D eigenvalue weighted by Gasteiger charge is 2.35. The van der Waals surface area contributed by atoms with Gasteiger partial charge in [-0.15, -0.1) is 0 Å². The average molecular weight is 174 g/mol. The Labute approximate surface area is 78.8 Å². The molecule has 0 bridgehead atoms. The second-order valence-corrected chi connectivity index (χ2v) is 3.56. The van der Waals surface area contributed by atoms with Crippen LogP contribution in [0, 0.1) is 0 Å². The largest absolute Gasteiger partial charge is 0.293 e. The summed E-state index contributed by atoms with van der Waals surface area (Å²) >= 11 is 0. The summed E-state index contributed by atoms with van der Waals surface area (Å²) in [6.07, 6.45) is 1.98. The lowest BCUT2D eigenvalue weighted by molar-refractivity contribution is 0.0923. The van der Waals surface area contributed by atoms with Crippen LogP contribution in [0.4, 0.5) is 0 Å². The Hall–Kier alpha value is -1.11. The standard InChI is InChI=1S/C12H14O/c1-3-8-6-5-7-10-11(8)9(4-2)12(10)13/h5-7,9H,3-4H2,1-2H3. The molecule has 13 heavy (non-hydrogen) atoms. The summed E-state index contributed by atoms with van der Waals surface area (Å²) in [7, 11) is 0. The summed E-state index contributed by atoms with van der Waals surface area (Å²) in [5.74, 6) is 0.541. The Bertz CT molecular complexity index is 352. The molecule has 1 heteroatoms. The molecule has 1 unspecified atom stereocenters. The van der Waals surface area contributed by atoms with Crippen molar-refractivity contribution in [2.24, 2.45) is 0 Å². The number of rotatable bonds is 2. The zero-order valence-electron chi connectivity index (χ0n) is 8.13. The Kier molecular flexibility index (Phi) is 1.95. The fraction of sp³-hybridized carbons (Fsp3) is 0.417. The second kappa shape index (κ2) is 2.99. The zero-order chi connectivity index (χ0) is 9.42. The molecule has 0 aromatic heterocycles. The Morgan fingerprint density at radius 1 is 1.31 bits per heavy atom. The van der Waals surface area contributed by atoms with E-state index in [1.807, 2.05) is 12.1 Å². The monoisotopic (exact) mass is 174 g/mol. The summed E-state index contributed by atoms with van der Waals surface area (Å²) < 4.78 is 0. The van der Waals surface area contributed by atoms with Crippen molar-refractivity contribution in [3.8, 4) is 0 Å². The van der Waals surface area contributed by atoms with E-state index >= 15 is 0 Å². The molecule has 0 N–H and O–H groups in total. The topological polar surface area (TPSA) is 17.1 Å². The van der Waals surface area contributed by atoms with Crippen LogP contribution in [0.2, 0.25) is 0 Å². The predicted octanol–water partition coefficient (Wildman–Crippen LogP) is 2.94. The number of fused-ring (bicyclic) bond motifs is 1. The summed E-state index contributed by atoms with van der Waals surface area (Å²) in [5, 5.41) is 0. The fourth-order valence-corrected chi connectivity index (χ4v) is 2.18. The van der Waals surface area contributed by atoms with Crippen molar-refractivity contribution in [2.45, 2.75) is 32.6 Å². The molecule has 2 rings (SSSR count). The van der Waals surface area contributed by atoms with Crippen LogP contribution in [0.25, 0.3) is 0 Å². The molecule has 0 spiro atoms. The van der Waals surface area contributed by atoms with E-state index in [4.69, 9.17) is 0 Å². The SMILES string of the molecule is CCc1cccc2c1C(CC)C2=O. The van der Waals surface area contributed by atoms with E-state index in [2.05, 4.69) is 19.9 Å². The predicted molar refractivity (Wildman–Crippen MR) is 53.2 cm³/mol. The molecule has 0 amide bonds. The summed E-state index contributed by atoms with van der Waals surface area (Å²) in [5.41, 5.74) is 3.63. The van der Waals surface area contributed by atoms with E-state index in [9.17, 15) is 4.79 Å². The third-order valence-corrected chi connectivity index (χ3v) is 2.92. The number of benzene rings is 1. The van der Waals surface area contributed by atoms with Gasteiger partial charge in [-0.3, -0.25) is 4.79 Å². The lowest BCUT2D eigenvalue weighted by atomic mass is 9.72. The van der Waals surface area contributed by atoms with Gasteiger partial charge in [0.25, 0.3) is 0 Å². The summed E-state index contributed by atoms with van der Waals surface area (Å²) in [6, 6.07) is 6.07. The summed E-state index contributed by atoms with van der Waals surface area (Å²) in [6.45, 7) is 4.23. The molecular formula is C12H14O. The van der Waals surface area contributed by atoms with Crippen molar-refractivity contribution in [2.75, 3.05) is 0 Å². The van der Waals surface area contributed by atoms with Crippen molar-refractivity contribution < 1.29 is 4.79 Å². The normalized spacial score (nSPS) is 19.5. The quantitative estimate of drug-likeness (QED) is 0.673. The number of aryl methyl sites for hydroxylation is 1. The van der Waals surface area contributed by atoms with Crippen molar-refractivity contribution in [3.05, 3.63) is 34.9 Å². The van der Waals surface area contributed by atoms with Crippen LogP contribution in [0.3, 0.4) is 0 Å². The molecular weight excluding hydrogens is 160 g/mol. The van der Waals surface area contributed by atoms with Gasteiger partial charge in [0.15, 0.2) is 5.78 Å². The highest BCUT2D eigenvalue weighted by Crippen LogP contribution is 2.39. The highest BCUT2D eigenvalue weighted by atomic mass is 16.1. The van der Waals surface area contributed by atoms with Crippen LogP contribution in [0.1, 0.15) is 47.7 Å². The van der Waals surface area contributed by atoms with E-state index < -0.39 is 0 Å². The van der Waals surface area contributed by atoms with Crippen LogP contribution in [0.15, 0.2) is 18.2 Å². The minimum Gasteiger partial charge on any atom is -0.293 e. The number of carbonyl (C=O) groups excluding carboxylic acids is 1. The first-order chi connectivity index (χ1) is 6.29. The third-order valence-electron chi connectivity index (χ3n) is 2.92. The first kappa shape index (κ1) is 8.49. The van der Waals surface area contributed by atoms with Crippen LogP contribution < -0.4 is 0 Å². The Morgan fingerprint density at radius 3 is 2.69 bits per heavy atom. The van der Waals surface area contributed by atoms with Crippen LogP contribution >= 0.6 is 0 Å². The van der Waals surface area contributed by atoms with Crippen molar-refractivity contribution in [1.82, 2.24) is 0 Å². The first-order valence-corrected chi connectivity index (χ1v) is 4.95. The number of hydrogen-bond acceptors (Lipinski definition) is 1. The second-order valence-electron chi connectivity index (χ2n) is 3.56. The fourth-order valence-electron chi connectivity index (χ4n) is 2.18. The van der Waals surface area contributed by atoms with Gasteiger partial charge >= 0.3 is 0 Å². The van der Waals surface area contributed by atoms with E-state index in [0.717, 1.165) is 18.4 Å². The molecule has 0 fully saturated rings. The lowest BCUT2D eigenvalue weighted by Gasteiger charge is -2.29. The average Bonchev–Trinajstić information content (AvgIpc) is 2.17. The van der Waals surface area contributed by atoms with E-state index in [0.29, 0.717) is 5.78 Å². The molecule has 1 aromatic rings. The van der Waals surface area contributed by atoms with Crippen molar-refractivity contribution in [1.29, 1.82) is 0 Å². The maximum Gasteiger partial charge on any atom is 0.170 e. The maximum atomic E-state index is 11.6. The molecule has 0 heterocycles. The van der Waals surface area contributed by atoms with E-state index in [-0.39, 0.29) is 5.92 Å². The molecule has 0 aliphatic heterocycles. The van der Waals surface area contributed by atoms with Gasteiger partial charge in [0.1, 0.15) is 0 Å². The van der Waals surface area contributed by atoms with E-state index in [1.165, 1.54) is 11.1 Å². The van der Waals surface area contributed by atoms with Gasteiger partial charge in [-0.1, -0.05) is 32.0 Å². The zero-order valence-corrected chi connectivity index (χ0v) is 8.13.